The van der Waals surface area contributed by atoms with Crippen LogP contribution in [0.25, 0.3) is 22.6 Å². The van der Waals surface area contributed by atoms with Gasteiger partial charge in [-0.1, -0.05) is 13.8 Å². The molecule has 1 atom stereocenters. The number of halogens is 3. The van der Waals surface area contributed by atoms with Crippen LogP contribution in [0.1, 0.15) is 32.4 Å². The van der Waals surface area contributed by atoms with E-state index in [2.05, 4.69) is 24.0 Å². The summed E-state index contributed by atoms with van der Waals surface area (Å²) < 4.78 is 86.8. The number of pyridine rings is 2. The minimum atomic E-state index is -4.65. The van der Waals surface area contributed by atoms with Crippen LogP contribution in [0.3, 0.4) is 0 Å². The molecule has 1 unspecified atom stereocenters. The molecule has 3 aromatic rings. The molecule has 3 heterocycles. The number of aryl methyl sites for hydroxylation is 1. The standard InChI is InChI=1S/C20H23F3N6O3S2/c1-4-33(30,31)16-8-13(28-34(32,5-2)27-12-6-7-12)10-25-18(16)19-26-14-9-17(20(21,22)23)24-11-15(14)29(19)3/h8-12H,4-7H2,1-3H3,(H,27,28,32). The fourth-order valence-electron chi connectivity index (χ4n) is 3.31. The number of aromatic nitrogens is 4. The molecule has 0 aliphatic heterocycles. The van der Waals surface area contributed by atoms with Crippen LogP contribution in [0, 0.1) is 0 Å². The molecular formula is C20H23F3N6O3S2. The highest BCUT2D eigenvalue weighted by Gasteiger charge is 2.33. The largest absolute Gasteiger partial charge is 0.433 e. The van der Waals surface area contributed by atoms with Crippen LogP contribution in [0.5, 0.6) is 0 Å². The Morgan fingerprint density at radius 2 is 1.82 bits per heavy atom. The molecular weight excluding hydrogens is 493 g/mol. The van der Waals surface area contributed by atoms with E-state index in [1.165, 1.54) is 30.8 Å². The second-order valence-corrected chi connectivity index (χ2v) is 12.4. The third-order valence-corrected chi connectivity index (χ3v) is 9.13. The SMILES string of the molecule is CCS(=O)(=O)c1cc(N=S(=O)(CC)NC2CC2)cnc1-c1nc2cc(C(F)(F)F)ncc2n1C. The van der Waals surface area contributed by atoms with Gasteiger partial charge in [-0.05, 0) is 25.0 Å². The van der Waals surface area contributed by atoms with Crippen molar-refractivity contribution in [1.82, 2.24) is 24.2 Å². The number of nitrogens with zero attached hydrogens (tertiary/aromatic N) is 5. The van der Waals surface area contributed by atoms with Gasteiger partial charge in [0.05, 0.1) is 39.8 Å². The van der Waals surface area contributed by atoms with E-state index in [0.29, 0.717) is 0 Å². The van der Waals surface area contributed by atoms with Crippen LogP contribution < -0.4 is 4.72 Å². The number of alkyl halides is 3. The molecule has 184 valence electrons. The topological polar surface area (TPSA) is 119 Å². The van der Waals surface area contributed by atoms with Gasteiger partial charge in [0.1, 0.15) is 21.3 Å². The quantitative estimate of drug-likeness (QED) is 0.512. The van der Waals surface area contributed by atoms with E-state index in [9.17, 15) is 25.8 Å². The molecule has 0 spiro atoms. The summed E-state index contributed by atoms with van der Waals surface area (Å²) in [7, 11) is -5.12. The Morgan fingerprint density at radius 1 is 1.12 bits per heavy atom. The van der Waals surface area contributed by atoms with Crippen molar-refractivity contribution >= 4 is 36.5 Å². The predicted octanol–water partition coefficient (Wildman–Crippen LogP) is 3.63. The Hall–Kier alpha value is -2.58. The summed E-state index contributed by atoms with van der Waals surface area (Å²) in [5, 5.41) is 0. The minimum Gasteiger partial charge on any atom is -0.324 e. The van der Waals surface area contributed by atoms with E-state index in [-0.39, 0.29) is 50.7 Å². The number of nitrogens with one attached hydrogen (secondary N) is 1. The molecule has 1 aliphatic rings. The summed E-state index contributed by atoms with van der Waals surface area (Å²) in [4.78, 5) is 11.7. The van der Waals surface area contributed by atoms with E-state index in [0.717, 1.165) is 25.1 Å². The minimum absolute atomic E-state index is 0.00197. The summed E-state index contributed by atoms with van der Waals surface area (Å²) in [6.07, 6.45) is -0.530. The first-order chi connectivity index (χ1) is 15.9. The van der Waals surface area contributed by atoms with Gasteiger partial charge in [0.15, 0.2) is 15.7 Å². The fourth-order valence-corrected chi connectivity index (χ4v) is 5.90. The van der Waals surface area contributed by atoms with Crippen LogP contribution >= 0.6 is 0 Å². The van der Waals surface area contributed by atoms with Crippen molar-refractivity contribution in [3.8, 4) is 11.5 Å². The maximum Gasteiger partial charge on any atom is 0.433 e. The highest BCUT2D eigenvalue weighted by atomic mass is 32.2. The van der Waals surface area contributed by atoms with Crippen molar-refractivity contribution < 1.29 is 25.8 Å². The summed E-state index contributed by atoms with van der Waals surface area (Å²) in [5.41, 5.74) is -0.744. The van der Waals surface area contributed by atoms with Gasteiger partial charge in [0.25, 0.3) is 0 Å². The molecule has 1 saturated carbocycles. The van der Waals surface area contributed by atoms with E-state index < -0.39 is 31.6 Å². The number of rotatable bonds is 7. The monoisotopic (exact) mass is 516 g/mol. The number of hydrogen-bond donors (Lipinski definition) is 1. The normalized spacial score (nSPS) is 16.5. The van der Waals surface area contributed by atoms with E-state index in [4.69, 9.17) is 0 Å². The van der Waals surface area contributed by atoms with Gasteiger partial charge in [-0.3, -0.25) is 0 Å². The van der Waals surface area contributed by atoms with Gasteiger partial charge in [0, 0.05) is 18.8 Å². The second kappa shape index (κ2) is 8.57. The Labute approximate surface area is 195 Å². The first-order valence-electron chi connectivity index (χ1n) is 10.5. The highest BCUT2D eigenvalue weighted by Crippen LogP contribution is 2.33. The number of sulfone groups is 1. The van der Waals surface area contributed by atoms with Crippen molar-refractivity contribution in [2.45, 2.75) is 43.8 Å². The van der Waals surface area contributed by atoms with Crippen molar-refractivity contribution in [2.24, 2.45) is 11.4 Å². The van der Waals surface area contributed by atoms with Gasteiger partial charge < -0.3 is 4.57 Å². The zero-order valence-corrected chi connectivity index (χ0v) is 20.3. The van der Waals surface area contributed by atoms with Crippen molar-refractivity contribution in [3.05, 3.63) is 30.2 Å². The summed E-state index contributed by atoms with van der Waals surface area (Å²) in [6, 6.07) is 2.21. The van der Waals surface area contributed by atoms with Gasteiger partial charge in [-0.15, -0.1) is 0 Å². The molecule has 0 amide bonds. The van der Waals surface area contributed by atoms with Gasteiger partial charge in [0.2, 0.25) is 0 Å². The van der Waals surface area contributed by atoms with Crippen molar-refractivity contribution in [3.63, 3.8) is 0 Å². The summed E-state index contributed by atoms with van der Waals surface area (Å²) in [5.74, 6) is 0.0284. The van der Waals surface area contributed by atoms with E-state index >= 15 is 0 Å². The third kappa shape index (κ3) is 4.79. The molecule has 1 N–H and O–H groups in total. The predicted molar refractivity (Wildman–Crippen MR) is 121 cm³/mol. The Balaban J connectivity index is 1.89. The zero-order chi connectivity index (χ0) is 24.9. The maximum atomic E-state index is 13.1. The molecule has 34 heavy (non-hydrogen) atoms. The van der Waals surface area contributed by atoms with Crippen LogP contribution in [0.2, 0.25) is 0 Å². The lowest BCUT2D eigenvalue weighted by atomic mass is 10.3. The van der Waals surface area contributed by atoms with Gasteiger partial charge in [-0.2, -0.15) is 17.5 Å². The molecule has 3 aromatic heterocycles. The summed E-state index contributed by atoms with van der Waals surface area (Å²) in [6.45, 7) is 3.18. The van der Waals surface area contributed by atoms with Crippen LogP contribution in [0.4, 0.5) is 18.9 Å². The molecule has 0 radical (unpaired) electrons. The Kier molecular flexibility index (Phi) is 6.19. The summed E-state index contributed by atoms with van der Waals surface area (Å²) >= 11 is 0. The molecule has 1 aliphatic carbocycles. The lowest BCUT2D eigenvalue weighted by Gasteiger charge is -2.12. The number of hydrogen-bond acceptors (Lipinski definition) is 7. The second-order valence-electron chi connectivity index (χ2n) is 7.91. The Morgan fingerprint density at radius 3 is 2.41 bits per heavy atom. The number of imidazole rings is 1. The lowest BCUT2D eigenvalue weighted by Crippen LogP contribution is -2.26. The van der Waals surface area contributed by atoms with E-state index in [1.54, 1.807) is 6.92 Å². The lowest BCUT2D eigenvalue weighted by molar-refractivity contribution is -0.141. The number of fused-ring (bicyclic) bond motifs is 1. The van der Waals surface area contributed by atoms with Crippen molar-refractivity contribution in [2.75, 3.05) is 11.5 Å². The molecule has 0 bridgehead atoms. The Bertz CT molecular complexity index is 1490. The zero-order valence-electron chi connectivity index (χ0n) is 18.6. The average Bonchev–Trinajstić information content (AvgIpc) is 3.53. The molecule has 4 rings (SSSR count). The molecule has 0 saturated heterocycles. The van der Waals surface area contributed by atoms with E-state index in [1.807, 2.05) is 0 Å². The third-order valence-electron chi connectivity index (χ3n) is 5.40. The van der Waals surface area contributed by atoms with Crippen LogP contribution in [-0.4, -0.2) is 49.7 Å². The molecule has 0 aromatic carbocycles. The van der Waals surface area contributed by atoms with Crippen LogP contribution in [-0.2, 0) is 33.0 Å². The fraction of sp³-hybridized carbons (Fsp3) is 0.450. The molecule has 9 nitrogen and oxygen atoms in total. The molecule has 14 heteroatoms. The smallest absolute Gasteiger partial charge is 0.324 e. The first kappa shape index (κ1) is 24.5. The first-order valence-corrected chi connectivity index (χ1v) is 13.9. The maximum absolute atomic E-state index is 13.1. The van der Waals surface area contributed by atoms with Gasteiger partial charge in [-0.25, -0.2) is 32.3 Å². The highest BCUT2D eigenvalue weighted by molar-refractivity contribution is 7.92. The van der Waals surface area contributed by atoms with Crippen molar-refractivity contribution in [1.29, 1.82) is 0 Å². The van der Waals surface area contributed by atoms with Gasteiger partial charge >= 0.3 is 6.18 Å². The average molecular weight is 517 g/mol. The van der Waals surface area contributed by atoms with Crippen LogP contribution in [0.15, 0.2) is 33.8 Å². The molecule has 1 fully saturated rings.